The number of aliphatic imine (C=N–C) groups is 1. The maximum Gasteiger partial charge on any atom is 0.266 e. The van der Waals surface area contributed by atoms with Gasteiger partial charge < -0.3 is 5.32 Å². The van der Waals surface area contributed by atoms with Gasteiger partial charge >= 0.3 is 0 Å². The van der Waals surface area contributed by atoms with Gasteiger partial charge in [-0.3, -0.25) is 9.97 Å². The molecule has 1 atom stereocenters. The molecule has 1 aliphatic heterocycles. The largest absolute Gasteiger partial charge is 0.324 e. The summed E-state index contributed by atoms with van der Waals surface area (Å²) >= 11 is 0. The highest BCUT2D eigenvalue weighted by Gasteiger charge is 2.32. The van der Waals surface area contributed by atoms with Gasteiger partial charge in [0.05, 0.1) is 23.3 Å². The number of aromatic nitrogens is 2. The lowest BCUT2D eigenvalue weighted by molar-refractivity contribution is 0.577. The first-order valence-corrected chi connectivity index (χ1v) is 11.9. The molecule has 0 radical (unpaired) electrons. The van der Waals surface area contributed by atoms with Crippen molar-refractivity contribution in [1.82, 2.24) is 14.7 Å². The normalized spacial score (nSPS) is 16.5. The van der Waals surface area contributed by atoms with Crippen LogP contribution in [0.5, 0.6) is 0 Å². The number of nitrogens with one attached hydrogen (secondary N) is 2. The molecular formula is C24H19F2N5O2S. The third-order valence-electron chi connectivity index (χ3n) is 5.71. The van der Waals surface area contributed by atoms with E-state index in [2.05, 4.69) is 25.0 Å². The van der Waals surface area contributed by atoms with Gasteiger partial charge in [0.1, 0.15) is 16.5 Å². The lowest BCUT2D eigenvalue weighted by Gasteiger charge is -2.26. The van der Waals surface area contributed by atoms with Crippen LogP contribution in [-0.2, 0) is 16.6 Å². The van der Waals surface area contributed by atoms with Gasteiger partial charge in [-0.15, -0.1) is 0 Å². The summed E-state index contributed by atoms with van der Waals surface area (Å²) in [6.45, 7) is 1.72. The van der Waals surface area contributed by atoms with E-state index in [4.69, 9.17) is 0 Å². The number of nitrogens with zero attached hydrogens (tertiary/aromatic N) is 3. The molecule has 4 aromatic rings. The molecule has 2 heterocycles. The van der Waals surface area contributed by atoms with Gasteiger partial charge in [0.2, 0.25) is 5.96 Å². The van der Waals surface area contributed by atoms with Crippen molar-refractivity contribution in [2.75, 3.05) is 5.32 Å². The molecule has 172 valence electrons. The number of rotatable bonds is 4. The van der Waals surface area contributed by atoms with Crippen molar-refractivity contribution in [3.8, 4) is 0 Å². The van der Waals surface area contributed by atoms with Crippen LogP contribution in [0.1, 0.15) is 29.5 Å². The third-order valence-corrected chi connectivity index (χ3v) is 7.09. The topological polar surface area (TPSA) is 96.3 Å². The fourth-order valence-corrected chi connectivity index (χ4v) is 5.23. The second-order valence-electron chi connectivity index (χ2n) is 7.81. The predicted octanol–water partition coefficient (Wildman–Crippen LogP) is 4.32. The Bertz CT molecular complexity index is 1550. The lowest BCUT2D eigenvalue weighted by atomic mass is 9.91. The zero-order valence-electron chi connectivity index (χ0n) is 18.0. The van der Waals surface area contributed by atoms with Crippen LogP contribution in [0.15, 0.2) is 76.9 Å². The van der Waals surface area contributed by atoms with Gasteiger partial charge in [0.25, 0.3) is 10.0 Å². The average Bonchev–Trinajstić information content (AvgIpc) is 2.82. The second kappa shape index (κ2) is 8.45. The lowest BCUT2D eigenvalue weighted by Crippen LogP contribution is -2.41. The van der Waals surface area contributed by atoms with Gasteiger partial charge in [-0.05, 0) is 29.8 Å². The molecule has 0 aliphatic carbocycles. The first kappa shape index (κ1) is 21.9. The van der Waals surface area contributed by atoms with Crippen molar-refractivity contribution in [2.24, 2.45) is 4.99 Å². The molecule has 3 aromatic carbocycles. The van der Waals surface area contributed by atoms with E-state index in [1.807, 2.05) is 18.2 Å². The average molecular weight is 480 g/mol. The smallest absolute Gasteiger partial charge is 0.266 e. The van der Waals surface area contributed by atoms with E-state index in [9.17, 15) is 12.8 Å². The van der Waals surface area contributed by atoms with Crippen LogP contribution in [0.25, 0.3) is 11.0 Å². The number of fused-ring (bicyclic) bond motifs is 2. The molecule has 1 aliphatic rings. The summed E-state index contributed by atoms with van der Waals surface area (Å²) in [7, 11) is -4.03. The van der Waals surface area contributed by atoms with Crippen LogP contribution in [-0.4, -0.2) is 24.3 Å². The summed E-state index contributed by atoms with van der Waals surface area (Å²) in [5.41, 5.74) is 2.39. The minimum absolute atomic E-state index is 0.0333. The van der Waals surface area contributed by atoms with Crippen LogP contribution in [0.2, 0.25) is 0 Å². The molecule has 0 fully saturated rings. The highest BCUT2D eigenvalue weighted by molar-refractivity contribution is 7.90. The molecule has 0 bridgehead atoms. The number of guanidine groups is 1. The molecule has 34 heavy (non-hydrogen) atoms. The first-order valence-electron chi connectivity index (χ1n) is 10.4. The molecule has 0 amide bonds. The summed E-state index contributed by atoms with van der Waals surface area (Å²) in [5.74, 6) is -1.98. The number of anilines is 1. The molecule has 1 aromatic heterocycles. The van der Waals surface area contributed by atoms with Crippen molar-refractivity contribution >= 4 is 32.7 Å². The summed E-state index contributed by atoms with van der Waals surface area (Å²) < 4.78 is 57.7. The molecular weight excluding hydrogens is 460 g/mol. The van der Waals surface area contributed by atoms with Crippen molar-refractivity contribution in [1.29, 1.82) is 0 Å². The maximum absolute atomic E-state index is 15.0. The third kappa shape index (κ3) is 3.86. The van der Waals surface area contributed by atoms with Gasteiger partial charge in [-0.25, -0.2) is 26.9 Å². The van der Waals surface area contributed by atoms with Gasteiger partial charge in [0.15, 0.2) is 0 Å². The van der Waals surface area contributed by atoms with E-state index in [0.29, 0.717) is 11.0 Å². The number of halogens is 2. The summed E-state index contributed by atoms with van der Waals surface area (Å²) in [6.07, 6.45) is 3.15. The second-order valence-corrected chi connectivity index (χ2v) is 9.46. The Morgan fingerprint density at radius 2 is 1.76 bits per heavy atom. The minimum atomic E-state index is -4.03. The summed E-state index contributed by atoms with van der Waals surface area (Å²) in [6, 6.07) is 13.7. The fraction of sp³-hybridized carbons (Fsp3) is 0.125. The number of hydrogen-bond donors (Lipinski definition) is 2. The fourth-order valence-electron chi connectivity index (χ4n) is 4.07. The molecule has 0 unspecified atom stereocenters. The van der Waals surface area contributed by atoms with Crippen LogP contribution in [0.3, 0.4) is 0 Å². The number of benzene rings is 3. The number of para-hydroxylation sites is 1. The first-order chi connectivity index (χ1) is 16.3. The van der Waals surface area contributed by atoms with Crippen molar-refractivity contribution in [2.45, 2.75) is 24.3 Å². The minimum Gasteiger partial charge on any atom is -0.324 e. The van der Waals surface area contributed by atoms with Crippen LogP contribution >= 0.6 is 0 Å². The highest BCUT2D eigenvalue weighted by atomic mass is 32.2. The Morgan fingerprint density at radius 1 is 0.971 bits per heavy atom. The molecule has 7 nitrogen and oxygen atoms in total. The molecule has 2 N–H and O–H groups in total. The van der Waals surface area contributed by atoms with E-state index in [-0.39, 0.29) is 34.2 Å². The van der Waals surface area contributed by atoms with E-state index < -0.39 is 27.6 Å². The van der Waals surface area contributed by atoms with E-state index in [1.165, 1.54) is 18.2 Å². The van der Waals surface area contributed by atoms with Crippen molar-refractivity contribution < 1.29 is 17.2 Å². The van der Waals surface area contributed by atoms with E-state index in [1.54, 1.807) is 31.5 Å². The zero-order valence-corrected chi connectivity index (χ0v) is 18.8. The Morgan fingerprint density at radius 3 is 2.59 bits per heavy atom. The summed E-state index contributed by atoms with van der Waals surface area (Å²) in [5, 5.41) is 2.91. The molecule has 0 saturated carbocycles. The Kier molecular flexibility index (Phi) is 5.45. The zero-order chi connectivity index (χ0) is 23.9. The van der Waals surface area contributed by atoms with E-state index >= 15 is 4.39 Å². The van der Waals surface area contributed by atoms with Gasteiger partial charge in [-0.1, -0.05) is 37.3 Å². The molecule has 0 spiro atoms. The van der Waals surface area contributed by atoms with E-state index in [0.717, 1.165) is 11.6 Å². The Balaban J connectivity index is 1.57. The standard InChI is InChI=1S/C24H19F2N5O2S/c1-14(16-6-2-3-7-17(16)25)21-18(26)9-10-20-23(21)30-24(31-34(20,32)33)29-13-15-5-4-8-19-22(15)28-12-11-27-19/h2-12,14H,13H2,1H3,(H2,29,30,31)/t14-/m0/s1. The molecule has 10 heteroatoms. The quantitative estimate of drug-likeness (QED) is 0.455. The van der Waals surface area contributed by atoms with Gasteiger partial charge in [0, 0.05) is 29.4 Å². The molecule has 5 rings (SSSR count). The summed E-state index contributed by atoms with van der Waals surface area (Å²) in [4.78, 5) is 12.8. The van der Waals surface area contributed by atoms with Crippen molar-refractivity contribution in [3.63, 3.8) is 0 Å². The number of hydrogen-bond acceptors (Lipinski definition) is 5. The SMILES string of the molecule is C[C@@H](c1ccccc1F)c1c(F)ccc2c1NC(=NCc1cccc3nccnc13)NS2(=O)=O. The van der Waals surface area contributed by atoms with Crippen LogP contribution < -0.4 is 10.0 Å². The predicted molar refractivity (Wildman–Crippen MR) is 125 cm³/mol. The Labute approximate surface area is 194 Å². The maximum atomic E-state index is 15.0. The monoisotopic (exact) mass is 479 g/mol. The Hall–Kier alpha value is -3.92. The highest BCUT2D eigenvalue weighted by Crippen LogP contribution is 2.38. The van der Waals surface area contributed by atoms with Crippen LogP contribution in [0.4, 0.5) is 14.5 Å². The molecule has 0 saturated heterocycles. The van der Waals surface area contributed by atoms with Crippen molar-refractivity contribution in [3.05, 3.63) is 95.3 Å². The van der Waals surface area contributed by atoms with Crippen LogP contribution in [0, 0.1) is 11.6 Å². The number of sulfonamides is 1. The van der Waals surface area contributed by atoms with Gasteiger partial charge in [-0.2, -0.15) is 0 Å².